The zero-order valence-electron chi connectivity index (χ0n) is 9.31. The number of aryl methyl sites for hydroxylation is 1. The van der Waals surface area contributed by atoms with Crippen molar-refractivity contribution in [2.24, 2.45) is 0 Å². The summed E-state index contributed by atoms with van der Waals surface area (Å²) < 4.78 is 0. The van der Waals surface area contributed by atoms with Crippen LogP contribution < -0.4 is 0 Å². The molecule has 17 heavy (non-hydrogen) atoms. The van der Waals surface area contributed by atoms with Gasteiger partial charge in [-0.05, 0) is 40.8 Å². The van der Waals surface area contributed by atoms with E-state index >= 15 is 0 Å². The molecule has 2 aromatic rings. The van der Waals surface area contributed by atoms with Crippen LogP contribution in [0.1, 0.15) is 27.9 Å². The molecule has 0 atom stereocenters. The van der Waals surface area contributed by atoms with Gasteiger partial charge < -0.3 is 5.11 Å². The van der Waals surface area contributed by atoms with Crippen LogP contribution in [0.4, 0.5) is 0 Å². The van der Waals surface area contributed by atoms with Crippen molar-refractivity contribution in [2.75, 3.05) is 0 Å². The largest absolute Gasteiger partial charge is 0.478 e. The van der Waals surface area contributed by atoms with Crippen molar-refractivity contribution in [2.45, 2.75) is 12.8 Å². The van der Waals surface area contributed by atoms with Crippen LogP contribution in [0.15, 0.2) is 36.4 Å². The van der Waals surface area contributed by atoms with E-state index < -0.39 is 5.97 Å². The lowest BCUT2D eigenvalue weighted by molar-refractivity contribution is 0.0696. The van der Waals surface area contributed by atoms with Crippen molar-refractivity contribution >= 4 is 22.8 Å². The molecule has 1 aliphatic rings. The maximum atomic E-state index is 11.3. The summed E-state index contributed by atoms with van der Waals surface area (Å²) in [6.45, 7) is 0. The van der Waals surface area contributed by atoms with Gasteiger partial charge in [-0.15, -0.1) is 0 Å². The Morgan fingerprint density at radius 3 is 2.88 bits per heavy atom. The van der Waals surface area contributed by atoms with Gasteiger partial charge in [-0.2, -0.15) is 0 Å². The number of fused-ring (bicyclic) bond motifs is 3. The molecular weight excluding hydrogens is 212 g/mol. The van der Waals surface area contributed by atoms with Crippen LogP contribution in [0, 0.1) is 0 Å². The number of hydrogen-bond donors (Lipinski definition) is 1. The Hall–Kier alpha value is -2.09. The summed E-state index contributed by atoms with van der Waals surface area (Å²) in [5, 5.41) is 11.5. The number of aromatic carboxylic acids is 1. The first kappa shape index (κ1) is 10.1. The minimum atomic E-state index is -0.849. The highest BCUT2D eigenvalue weighted by Crippen LogP contribution is 2.31. The summed E-state index contributed by atoms with van der Waals surface area (Å²) in [6.07, 6.45) is 5.89. The maximum absolute atomic E-state index is 11.3. The third kappa shape index (κ3) is 1.53. The van der Waals surface area contributed by atoms with Crippen LogP contribution in [-0.2, 0) is 6.42 Å². The van der Waals surface area contributed by atoms with Crippen molar-refractivity contribution in [1.29, 1.82) is 0 Å². The summed E-state index contributed by atoms with van der Waals surface area (Å²) in [6, 6.07) is 9.76. The van der Waals surface area contributed by atoms with Crippen LogP contribution in [0.5, 0.6) is 0 Å². The van der Waals surface area contributed by atoms with Gasteiger partial charge in [-0.1, -0.05) is 36.4 Å². The van der Waals surface area contributed by atoms with Crippen LogP contribution in [0.25, 0.3) is 16.8 Å². The molecule has 1 aliphatic carbocycles. The molecule has 0 spiro atoms. The minimum Gasteiger partial charge on any atom is -0.478 e. The molecule has 0 saturated carbocycles. The molecule has 1 N–H and O–H groups in total. The van der Waals surface area contributed by atoms with Gasteiger partial charge in [0, 0.05) is 0 Å². The molecule has 3 rings (SSSR count). The zero-order chi connectivity index (χ0) is 11.8. The van der Waals surface area contributed by atoms with Crippen molar-refractivity contribution in [3.63, 3.8) is 0 Å². The highest BCUT2D eigenvalue weighted by molar-refractivity contribution is 6.01. The molecule has 0 fully saturated rings. The lowest BCUT2D eigenvalue weighted by atomic mass is 9.88. The molecule has 84 valence electrons. The van der Waals surface area contributed by atoms with E-state index in [1.165, 1.54) is 10.9 Å². The Kier molecular flexibility index (Phi) is 2.22. The van der Waals surface area contributed by atoms with Crippen molar-refractivity contribution < 1.29 is 9.90 Å². The molecular formula is C15H12O2. The topological polar surface area (TPSA) is 37.3 Å². The van der Waals surface area contributed by atoms with E-state index in [1.807, 2.05) is 30.4 Å². The highest BCUT2D eigenvalue weighted by atomic mass is 16.4. The fraction of sp³-hybridized carbons (Fsp3) is 0.133. The quantitative estimate of drug-likeness (QED) is 0.805. The van der Waals surface area contributed by atoms with Gasteiger partial charge in [0.25, 0.3) is 0 Å². The van der Waals surface area contributed by atoms with Gasteiger partial charge in [-0.3, -0.25) is 0 Å². The lowest BCUT2D eigenvalue weighted by Gasteiger charge is -2.16. The van der Waals surface area contributed by atoms with Gasteiger partial charge in [0.1, 0.15) is 0 Å². The van der Waals surface area contributed by atoms with Gasteiger partial charge >= 0.3 is 5.97 Å². The Balaban J connectivity index is 2.44. The number of carbonyl (C=O) groups is 1. The molecule has 2 aromatic carbocycles. The Morgan fingerprint density at radius 2 is 2.06 bits per heavy atom. The first-order valence-electron chi connectivity index (χ1n) is 5.72. The van der Waals surface area contributed by atoms with E-state index in [4.69, 9.17) is 0 Å². The highest BCUT2D eigenvalue weighted by Gasteiger charge is 2.17. The predicted molar refractivity (Wildman–Crippen MR) is 68.3 cm³/mol. The standard InChI is InChI=1S/C15H12O2/c16-15(17)14-9-10-5-1-2-6-11(10)12-7-3-4-8-13(12)14/h1-2,4-6,8-9H,3,7H2,(H,16,17). The molecule has 0 aromatic heterocycles. The first-order valence-corrected chi connectivity index (χ1v) is 5.72. The Morgan fingerprint density at radius 1 is 1.24 bits per heavy atom. The molecule has 0 bridgehead atoms. The first-order chi connectivity index (χ1) is 8.27. The second-order valence-electron chi connectivity index (χ2n) is 4.28. The number of rotatable bonds is 1. The van der Waals surface area contributed by atoms with Crippen LogP contribution in [-0.4, -0.2) is 11.1 Å². The lowest BCUT2D eigenvalue weighted by Crippen LogP contribution is -2.06. The van der Waals surface area contributed by atoms with Gasteiger partial charge in [0.05, 0.1) is 5.56 Å². The van der Waals surface area contributed by atoms with Crippen molar-refractivity contribution in [3.05, 3.63) is 53.1 Å². The van der Waals surface area contributed by atoms with Crippen molar-refractivity contribution in [3.8, 4) is 0 Å². The molecule has 0 amide bonds. The second-order valence-corrected chi connectivity index (χ2v) is 4.28. The van der Waals surface area contributed by atoms with Crippen LogP contribution >= 0.6 is 0 Å². The average molecular weight is 224 g/mol. The van der Waals surface area contributed by atoms with E-state index in [1.54, 1.807) is 6.07 Å². The minimum absolute atomic E-state index is 0.412. The molecule has 2 nitrogen and oxygen atoms in total. The molecule has 0 saturated heterocycles. The zero-order valence-corrected chi connectivity index (χ0v) is 9.31. The fourth-order valence-corrected chi connectivity index (χ4v) is 2.50. The molecule has 0 radical (unpaired) electrons. The molecule has 0 aliphatic heterocycles. The number of allylic oxidation sites excluding steroid dienone is 1. The summed E-state index contributed by atoms with van der Waals surface area (Å²) >= 11 is 0. The fourth-order valence-electron chi connectivity index (χ4n) is 2.50. The van der Waals surface area contributed by atoms with Gasteiger partial charge in [-0.25, -0.2) is 4.79 Å². The van der Waals surface area contributed by atoms with E-state index in [-0.39, 0.29) is 0 Å². The summed E-state index contributed by atoms with van der Waals surface area (Å²) in [4.78, 5) is 11.3. The number of carboxylic acids is 1. The normalized spacial score (nSPS) is 13.6. The molecule has 0 heterocycles. The third-order valence-electron chi connectivity index (χ3n) is 3.28. The number of benzene rings is 2. The Labute approximate surface area is 99.2 Å². The SMILES string of the molecule is O=C(O)c1cc2ccccc2c2c1C=CCC2. The molecule has 0 unspecified atom stereocenters. The van der Waals surface area contributed by atoms with Crippen LogP contribution in [0.3, 0.4) is 0 Å². The predicted octanol–water partition coefficient (Wildman–Crippen LogP) is 3.50. The van der Waals surface area contributed by atoms with E-state index in [2.05, 4.69) is 6.07 Å². The summed E-state index contributed by atoms with van der Waals surface area (Å²) in [7, 11) is 0. The average Bonchev–Trinajstić information content (AvgIpc) is 2.37. The van der Waals surface area contributed by atoms with Gasteiger partial charge in [0.15, 0.2) is 0 Å². The maximum Gasteiger partial charge on any atom is 0.336 e. The van der Waals surface area contributed by atoms with E-state index in [0.29, 0.717) is 5.56 Å². The van der Waals surface area contributed by atoms with E-state index in [9.17, 15) is 9.90 Å². The molecule has 2 heteroatoms. The number of carboxylic acid groups (broad SMARTS) is 1. The summed E-state index contributed by atoms with van der Waals surface area (Å²) in [5.41, 5.74) is 2.46. The van der Waals surface area contributed by atoms with Crippen LogP contribution in [0.2, 0.25) is 0 Å². The second kappa shape index (κ2) is 3.74. The Bertz CT molecular complexity index is 639. The number of hydrogen-bond acceptors (Lipinski definition) is 1. The van der Waals surface area contributed by atoms with Crippen molar-refractivity contribution in [1.82, 2.24) is 0 Å². The van der Waals surface area contributed by atoms with Gasteiger partial charge in [0.2, 0.25) is 0 Å². The summed E-state index contributed by atoms with van der Waals surface area (Å²) in [5.74, 6) is -0.849. The smallest absolute Gasteiger partial charge is 0.336 e. The van der Waals surface area contributed by atoms with E-state index in [0.717, 1.165) is 23.8 Å². The monoisotopic (exact) mass is 224 g/mol. The third-order valence-corrected chi connectivity index (χ3v) is 3.28.